The standard InChI is InChI=1S/C32H52N8O7/c1-31(2,3)47-30(46)34-23-10-8-22(9-11-23)33-20-21-6-12-24(13-7-21)40-15-14-25(36-28(40)43)35-27(42)39-18-16-38(17-19-39)26(41)32(4,5)37-29(44)45/h14-15,21-24,33,37H,6-13,16-20H2,1-5H3,(H,34,46)(H,44,45)(H,35,36,42,43)/t21?,22-,23-,24?. The molecule has 262 valence electrons. The van der Waals surface area contributed by atoms with E-state index in [1.807, 2.05) is 20.8 Å². The first-order valence-electron chi connectivity index (χ1n) is 16.8. The van der Waals surface area contributed by atoms with Gasteiger partial charge in [0.05, 0.1) is 0 Å². The van der Waals surface area contributed by atoms with Crippen LogP contribution in [0.3, 0.4) is 0 Å². The number of anilines is 1. The van der Waals surface area contributed by atoms with Crippen LogP contribution in [-0.4, -0.2) is 105 Å². The van der Waals surface area contributed by atoms with Gasteiger partial charge in [0, 0.05) is 50.5 Å². The van der Waals surface area contributed by atoms with Crippen LogP contribution in [0.25, 0.3) is 0 Å². The molecule has 1 saturated heterocycles. The summed E-state index contributed by atoms with van der Waals surface area (Å²) in [6, 6.07) is 1.89. The summed E-state index contributed by atoms with van der Waals surface area (Å²) in [6.07, 6.45) is 7.75. The summed E-state index contributed by atoms with van der Waals surface area (Å²) in [7, 11) is 0. The third kappa shape index (κ3) is 10.6. The van der Waals surface area contributed by atoms with Crippen LogP contribution in [0.4, 0.5) is 20.2 Å². The minimum Gasteiger partial charge on any atom is -0.465 e. The number of hydrogen-bond donors (Lipinski definition) is 5. The zero-order chi connectivity index (χ0) is 34.4. The molecule has 15 nitrogen and oxygen atoms in total. The maximum Gasteiger partial charge on any atom is 0.407 e. The summed E-state index contributed by atoms with van der Waals surface area (Å²) >= 11 is 0. The van der Waals surface area contributed by atoms with Crippen LogP contribution in [0.5, 0.6) is 0 Å². The van der Waals surface area contributed by atoms with Crippen molar-refractivity contribution in [2.75, 3.05) is 38.0 Å². The molecule has 0 aromatic carbocycles. The number of aromatic nitrogens is 2. The Labute approximate surface area is 276 Å². The number of amides is 5. The average Bonchev–Trinajstić information content (AvgIpc) is 2.99. The van der Waals surface area contributed by atoms with Gasteiger partial charge in [0.25, 0.3) is 0 Å². The van der Waals surface area contributed by atoms with E-state index in [2.05, 4.69) is 26.3 Å². The van der Waals surface area contributed by atoms with Gasteiger partial charge in [-0.2, -0.15) is 4.98 Å². The minimum atomic E-state index is -1.28. The Balaban J connectivity index is 1.15. The van der Waals surface area contributed by atoms with E-state index in [1.165, 1.54) is 23.6 Å². The zero-order valence-corrected chi connectivity index (χ0v) is 28.3. The van der Waals surface area contributed by atoms with Gasteiger partial charge in [-0.15, -0.1) is 0 Å². The Morgan fingerprint density at radius 3 is 2.06 bits per heavy atom. The molecule has 1 aromatic heterocycles. The van der Waals surface area contributed by atoms with E-state index < -0.39 is 29.0 Å². The van der Waals surface area contributed by atoms with Gasteiger partial charge < -0.3 is 35.6 Å². The molecule has 0 unspecified atom stereocenters. The molecule has 5 amide bonds. The van der Waals surface area contributed by atoms with Crippen molar-refractivity contribution in [3.05, 3.63) is 22.7 Å². The van der Waals surface area contributed by atoms with Crippen LogP contribution in [0.1, 0.15) is 92.0 Å². The molecule has 15 heteroatoms. The highest BCUT2D eigenvalue weighted by molar-refractivity contribution is 5.90. The van der Waals surface area contributed by atoms with E-state index in [-0.39, 0.29) is 56.1 Å². The first-order chi connectivity index (χ1) is 22.1. The fourth-order valence-corrected chi connectivity index (χ4v) is 6.65. The van der Waals surface area contributed by atoms with Crippen molar-refractivity contribution < 1.29 is 29.0 Å². The lowest BCUT2D eigenvalue weighted by Gasteiger charge is -2.38. The van der Waals surface area contributed by atoms with Crippen molar-refractivity contribution in [2.45, 2.75) is 115 Å². The fourth-order valence-electron chi connectivity index (χ4n) is 6.65. The monoisotopic (exact) mass is 660 g/mol. The topological polar surface area (TPSA) is 187 Å². The molecular weight excluding hydrogens is 608 g/mol. The number of ether oxygens (including phenoxy) is 1. The van der Waals surface area contributed by atoms with Gasteiger partial charge in [-0.25, -0.2) is 19.2 Å². The number of nitrogens with zero attached hydrogens (tertiary/aromatic N) is 4. The molecule has 1 aromatic rings. The number of carbonyl (C=O) groups excluding carboxylic acids is 3. The maximum atomic E-state index is 12.9. The Morgan fingerprint density at radius 1 is 0.894 bits per heavy atom. The molecule has 2 aliphatic carbocycles. The smallest absolute Gasteiger partial charge is 0.407 e. The molecule has 0 atom stereocenters. The second-order valence-electron chi connectivity index (χ2n) is 14.5. The highest BCUT2D eigenvalue weighted by Gasteiger charge is 2.36. The summed E-state index contributed by atoms with van der Waals surface area (Å²) in [5, 5.41) is 20.6. The van der Waals surface area contributed by atoms with E-state index in [4.69, 9.17) is 9.84 Å². The highest BCUT2D eigenvalue weighted by atomic mass is 16.6. The second-order valence-corrected chi connectivity index (χ2v) is 14.5. The highest BCUT2D eigenvalue weighted by Crippen LogP contribution is 2.31. The van der Waals surface area contributed by atoms with Crippen LogP contribution in [0, 0.1) is 5.92 Å². The predicted octanol–water partition coefficient (Wildman–Crippen LogP) is 3.12. The average molecular weight is 661 g/mol. The molecule has 2 heterocycles. The molecule has 0 radical (unpaired) electrons. The molecule has 2 saturated carbocycles. The number of rotatable bonds is 8. The van der Waals surface area contributed by atoms with Gasteiger partial charge in [-0.05, 0) is 105 Å². The lowest BCUT2D eigenvalue weighted by Crippen LogP contribution is -2.60. The summed E-state index contributed by atoms with van der Waals surface area (Å²) < 4.78 is 7.04. The van der Waals surface area contributed by atoms with Gasteiger partial charge in [-0.3, -0.25) is 14.7 Å². The first kappa shape index (κ1) is 36.0. The van der Waals surface area contributed by atoms with Crippen molar-refractivity contribution >= 4 is 29.9 Å². The van der Waals surface area contributed by atoms with Crippen molar-refractivity contribution in [1.82, 2.24) is 35.3 Å². The van der Waals surface area contributed by atoms with Gasteiger partial charge >= 0.3 is 23.9 Å². The van der Waals surface area contributed by atoms with Gasteiger partial charge in [-0.1, -0.05) is 0 Å². The maximum absolute atomic E-state index is 12.9. The predicted molar refractivity (Wildman–Crippen MR) is 175 cm³/mol. The lowest BCUT2D eigenvalue weighted by molar-refractivity contribution is -0.138. The third-order valence-electron chi connectivity index (χ3n) is 9.23. The summed E-state index contributed by atoms with van der Waals surface area (Å²) in [6.45, 7) is 10.6. The van der Waals surface area contributed by atoms with Crippen molar-refractivity contribution in [1.29, 1.82) is 0 Å². The molecular formula is C32H52N8O7. The van der Waals surface area contributed by atoms with Crippen molar-refractivity contribution in [2.24, 2.45) is 5.92 Å². The van der Waals surface area contributed by atoms with Crippen molar-refractivity contribution in [3.63, 3.8) is 0 Å². The first-order valence-corrected chi connectivity index (χ1v) is 16.8. The third-order valence-corrected chi connectivity index (χ3v) is 9.23. The van der Waals surface area contributed by atoms with Crippen LogP contribution in [0.2, 0.25) is 0 Å². The molecule has 1 aliphatic heterocycles. The molecule has 5 N–H and O–H groups in total. The number of carboxylic acid groups (broad SMARTS) is 1. The second kappa shape index (κ2) is 15.3. The molecule has 3 fully saturated rings. The summed E-state index contributed by atoms with van der Waals surface area (Å²) in [4.78, 5) is 68.7. The van der Waals surface area contributed by atoms with Crippen LogP contribution in [-0.2, 0) is 9.53 Å². The van der Waals surface area contributed by atoms with E-state index in [1.54, 1.807) is 16.8 Å². The fraction of sp³-hybridized carbons (Fsp3) is 0.750. The summed E-state index contributed by atoms with van der Waals surface area (Å²) in [5.41, 5.74) is -2.17. The Hall–Kier alpha value is -3.88. The number of alkyl carbamates (subject to hydrolysis) is 1. The molecule has 47 heavy (non-hydrogen) atoms. The Bertz CT molecular complexity index is 1320. The minimum absolute atomic E-state index is 0.0656. The lowest BCUT2D eigenvalue weighted by atomic mass is 9.85. The SMILES string of the molecule is CC(C)(C)OC(=O)N[C@H]1CC[C@H](NCC2CCC(n3ccc(NC(=O)N4CCN(C(=O)C(C)(C)NC(=O)O)CC4)nc3=O)CC2)CC1. The number of nitrogens with one attached hydrogen (secondary N) is 4. The van der Waals surface area contributed by atoms with Gasteiger partial charge in [0.2, 0.25) is 5.91 Å². The Morgan fingerprint density at radius 2 is 1.49 bits per heavy atom. The number of carbonyl (C=O) groups is 4. The van der Waals surface area contributed by atoms with Crippen LogP contribution >= 0.6 is 0 Å². The zero-order valence-electron chi connectivity index (χ0n) is 28.3. The molecule has 4 rings (SSSR count). The normalized spacial score (nSPS) is 23.9. The summed E-state index contributed by atoms with van der Waals surface area (Å²) in [5.74, 6) is 0.362. The van der Waals surface area contributed by atoms with E-state index in [0.29, 0.717) is 12.0 Å². The number of urea groups is 1. The van der Waals surface area contributed by atoms with Crippen LogP contribution in [0.15, 0.2) is 17.1 Å². The van der Waals surface area contributed by atoms with Gasteiger partial charge in [0.1, 0.15) is 17.0 Å². The number of hydrogen-bond acceptors (Lipinski definition) is 8. The largest absolute Gasteiger partial charge is 0.465 e. The quantitative estimate of drug-likeness (QED) is 0.279. The number of piperazine rings is 1. The van der Waals surface area contributed by atoms with E-state index in [0.717, 1.165) is 57.9 Å². The van der Waals surface area contributed by atoms with Gasteiger partial charge in [0.15, 0.2) is 0 Å². The van der Waals surface area contributed by atoms with Crippen molar-refractivity contribution in [3.8, 4) is 0 Å². The molecule has 3 aliphatic rings. The van der Waals surface area contributed by atoms with Crippen LogP contribution < -0.4 is 27.0 Å². The molecule has 0 bridgehead atoms. The molecule has 0 spiro atoms. The van der Waals surface area contributed by atoms with E-state index >= 15 is 0 Å². The Kier molecular flexibility index (Phi) is 11.7. The van der Waals surface area contributed by atoms with E-state index in [9.17, 15) is 24.0 Å².